The van der Waals surface area contributed by atoms with Gasteiger partial charge in [-0.3, -0.25) is 9.69 Å². The molecule has 0 spiro atoms. The van der Waals surface area contributed by atoms with Crippen LogP contribution in [0, 0.1) is 6.92 Å². The number of benzene rings is 1. The zero-order chi connectivity index (χ0) is 16.7. The first-order valence-electron chi connectivity index (χ1n) is 8.44. The van der Waals surface area contributed by atoms with E-state index in [9.17, 15) is 4.79 Å². The number of amides is 1. The highest BCUT2D eigenvalue weighted by molar-refractivity contribution is 5.91. The van der Waals surface area contributed by atoms with Crippen molar-refractivity contribution in [3.8, 4) is 0 Å². The first-order chi connectivity index (χ1) is 11.0. The minimum absolute atomic E-state index is 0.00771. The van der Waals surface area contributed by atoms with Crippen molar-refractivity contribution in [3.05, 3.63) is 53.1 Å². The second-order valence-electron chi connectivity index (χ2n) is 6.61. The number of rotatable bonds is 5. The van der Waals surface area contributed by atoms with Crippen molar-refractivity contribution in [1.82, 2.24) is 10.2 Å². The van der Waals surface area contributed by atoms with Gasteiger partial charge in [0.05, 0.1) is 0 Å². The van der Waals surface area contributed by atoms with E-state index in [1.807, 2.05) is 18.2 Å². The summed E-state index contributed by atoms with van der Waals surface area (Å²) in [5, 5.41) is 3.12. The van der Waals surface area contributed by atoms with Crippen molar-refractivity contribution in [3.63, 3.8) is 0 Å². The lowest BCUT2D eigenvalue weighted by molar-refractivity contribution is -0.117. The summed E-state index contributed by atoms with van der Waals surface area (Å²) in [5.41, 5.74) is 3.65. The second-order valence-corrected chi connectivity index (χ2v) is 6.61. The summed E-state index contributed by atoms with van der Waals surface area (Å²) in [7, 11) is 0. The van der Waals surface area contributed by atoms with Gasteiger partial charge in [0, 0.05) is 31.8 Å². The van der Waals surface area contributed by atoms with Crippen molar-refractivity contribution in [2.24, 2.45) is 0 Å². The van der Waals surface area contributed by atoms with E-state index in [4.69, 9.17) is 0 Å². The molecular formula is C20H28N2O. The molecule has 1 amide bonds. The van der Waals surface area contributed by atoms with Gasteiger partial charge < -0.3 is 5.32 Å². The second kappa shape index (κ2) is 8.68. The molecule has 1 aromatic carbocycles. The number of likely N-dealkylation sites (tertiary alicyclic amines) is 1. The topological polar surface area (TPSA) is 32.3 Å². The Morgan fingerprint density at radius 3 is 2.48 bits per heavy atom. The number of carbonyl (C=O) groups is 1. The van der Waals surface area contributed by atoms with Gasteiger partial charge in [0.1, 0.15) is 0 Å². The van der Waals surface area contributed by atoms with Gasteiger partial charge in [-0.2, -0.15) is 0 Å². The van der Waals surface area contributed by atoms with E-state index in [0.717, 1.165) is 38.0 Å². The fourth-order valence-electron chi connectivity index (χ4n) is 2.67. The molecule has 0 unspecified atom stereocenters. The third kappa shape index (κ3) is 6.41. The molecule has 3 nitrogen and oxygen atoms in total. The van der Waals surface area contributed by atoms with Crippen LogP contribution in [0.15, 0.2) is 42.0 Å². The van der Waals surface area contributed by atoms with Crippen molar-refractivity contribution in [2.45, 2.75) is 39.7 Å². The summed E-state index contributed by atoms with van der Waals surface area (Å²) in [4.78, 5) is 14.5. The third-order valence-electron chi connectivity index (χ3n) is 4.20. The summed E-state index contributed by atoms with van der Waals surface area (Å²) in [5.74, 6) is 0.00771. The number of carbonyl (C=O) groups excluding carboxylic acids is 1. The monoisotopic (exact) mass is 312 g/mol. The SMILES string of the molecule is CC(C)=CCN1CCC(NC(=O)/C=C/c2ccc(C)cc2)CC1. The lowest BCUT2D eigenvalue weighted by atomic mass is 10.0. The van der Waals surface area contributed by atoms with Crippen LogP contribution in [0.3, 0.4) is 0 Å². The van der Waals surface area contributed by atoms with E-state index >= 15 is 0 Å². The van der Waals surface area contributed by atoms with Gasteiger partial charge in [-0.25, -0.2) is 0 Å². The summed E-state index contributed by atoms with van der Waals surface area (Å²) < 4.78 is 0. The Kier molecular flexibility index (Phi) is 6.60. The number of allylic oxidation sites excluding steroid dienone is 1. The molecule has 3 heteroatoms. The van der Waals surface area contributed by atoms with Crippen LogP contribution < -0.4 is 5.32 Å². The van der Waals surface area contributed by atoms with Gasteiger partial charge in [-0.15, -0.1) is 0 Å². The molecule has 0 aromatic heterocycles. The minimum atomic E-state index is 0.00771. The number of hydrogen-bond acceptors (Lipinski definition) is 2. The van der Waals surface area contributed by atoms with Gasteiger partial charge >= 0.3 is 0 Å². The number of piperidine rings is 1. The fraction of sp³-hybridized carbons (Fsp3) is 0.450. The number of nitrogens with one attached hydrogen (secondary N) is 1. The zero-order valence-corrected chi connectivity index (χ0v) is 14.5. The molecule has 1 fully saturated rings. The van der Waals surface area contributed by atoms with Crippen LogP contribution >= 0.6 is 0 Å². The van der Waals surface area contributed by atoms with E-state index in [0.29, 0.717) is 6.04 Å². The molecule has 1 N–H and O–H groups in total. The average molecular weight is 312 g/mol. The molecule has 1 saturated heterocycles. The number of hydrogen-bond donors (Lipinski definition) is 1. The van der Waals surface area contributed by atoms with Crippen LogP contribution in [0.5, 0.6) is 0 Å². The van der Waals surface area contributed by atoms with Crippen molar-refractivity contribution >= 4 is 12.0 Å². The smallest absolute Gasteiger partial charge is 0.244 e. The molecule has 124 valence electrons. The Hall–Kier alpha value is -1.87. The molecule has 0 radical (unpaired) electrons. The van der Waals surface area contributed by atoms with Gasteiger partial charge in [0.15, 0.2) is 0 Å². The molecule has 2 rings (SSSR count). The first-order valence-corrected chi connectivity index (χ1v) is 8.44. The molecule has 23 heavy (non-hydrogen) atoms. The molecule has 1 heterocycles. The van der Waals surface area contributed by atoms with Crippen LogP contribution in [0.4, 0.5) is 0 Å². The highest BCUT2D eigenvalue weighted by Crippen LogP contribution is 2.11. The number of nitrogens with zero attached hydrogens (tertiary/aromatic N) is 1. The maximum Gasteiger partial charge on any atom is 0.244 e. The van der Waals surface area contributed by atoms with Gasteiger partial charge in [-0.05, 0) is 45.3 Å². The summed E-state index contributed by atoms with van der Waals surface area (Å²) >= 11 is 0. The highest BCUT2D eigenvalue weighted by atomic mass is 16.1. The van der Waals surface area contributed by atoms with Gasteiger partial charge in [-0.1, -0.05) is 41.5 Å². The van der Waals surface area contributed by atoms with Gasteiger partial charge in [0.2, 0.25) is 5.91 Å². The first kappa shape index (κ1) is 17.5. The molecule has 0 bridgehead atoms. The average Bonchev–Trinajstić information content (AvgIpc) is 2.53. The molecule has 1 aromatic rings. The van der Waals surface area contributed by atoms with Crippen LogP contribution in [-0.2, 0) is 4.79 Å². The minimum Gasteiger partial charge on any atom is -0.350 e. The maximum absolute atomic E-state index is 12.0. The van der Waals surface area contributed by atoms with Crippen LogP contribution in [0.1, 0.15) is 37.8 Å². The Morgan fingerprint density at radius 1 is 1.22 bits per heavy atom. The Balaban J connectivity index is 1.74. The summed E-state index contributed by atoms with van der Waals surface area (Å²) in [6, 6.07) is 8.47. The molecule has 0 saturated carbocycles. The maximum atomic E-state index is 12.0. The molecular weight excluding hydrogens is 284 g/mol. The van der Waals surface area contributed by atoms with Crippen molar-refractivity contribution in [1.29, 1.82) is 0 Å². The van der Waals surface area contributed by atoms with Gasteiger partial charge in [0.25, 0.3) is 0 Å². The Morgan fingerprint density at radius 2 is 1.87 bits per heavy atom. The lowest BCUT2D eigenvalue weighted by Gasteiger charge is -2.31. The third-order valence-corrected chi connectivity index (χ3v) is 4.20. The Bertz CT molecular complexity index is 560. The largest absolute Gasteiger partial charge is 0.350 e. The van der Waals surface area contributed by atoms with E-state index in [2.05, 4.69) is 49.2 Å². The van der Waals surface area contributed by atoms with Crippen LogP contribution in [0.25, 0.3) is 6.08 Å². The van der Waals surface area contributed by atoms with E-state index in [-0.39, 0.29) is 5.91 Å². The highest BCUT2D eigenvalue weighted by Gasteiger charge is 2.19. The standard InChI is InChI=1S/C20H28N2O/c1-16(2)10-13-22-14-11-19(12-15-22)21-20(23)9-8-18-6-4-17(3)5-7-18/h4-10,19H,11-15H2,1-3H3,(H,21,23)/b9-8+. The van der Waals surface area contributed by atoms with Crippen molar-refractivity contribution < 1.29 is 4.79 Å². The number of aryl methyl sites for hydroxylation is 1. The molecule has 1 aliphatic rings. The van der Waals surface area contributed by atoms with Crippen LogP contribution in [-0.4, -0.2) is 36.5 Å². The summed E-state index contributed by atoms with van der Waals surface area (Å²) in [6.45, 7) is 9.45. The predicted molar refractivity (Wildman–Crippen MR) is 97.2 cm³/mol. The molecule has 0 atom stereocenters. The predicted octanol–water partition coefficient (Wildman–Crippen LogP) is 3.56. The quantitative estimate of drug-likeness (QED) is 0.666. The van der Waals surface area contributed by atoms with Crippen molar-refractivity contribution in [2.75, 3.05) is 19.6 Å². The van der Waals surface area contributed by atoms with E-state index in [1.165, 1.54) is 11.1 Å². The lowest BCUT2D eigenvalue weighted by Crippen LogP contribution is -2.44. The van der Waals surface area contributed by atoms with E-state index < -0.39 is 0 Å². The molecule has 0 aliphatic carbocycles. The van der Waals surface area contributed by atoms with E-state index in [1.54, 1.807) is 6.08 Å². The molecule has 1 aliphatic heterocycles. The zero-order valence-electron chi connectivity index (χ0n) is 14.5. The Labute approximate surface area is 140 Å². The van der Waals surface area contributed by atoms with Crippen LogP contribution in [0.2, 0.25) is 0 Å². The summed E-state index contributed by atoms with van der Waals surface area (Å²) in [6.07, 6.45) is 7.84. The fourth-order valence-corrected chi connectivity index (χ4v) is 2.67. The normalized spacial score (nSPS) is 16.5.